The maximum Gasteiger partial charge on any atom is 0.333 e. The van der Waals surface area contributed by atoms with Crippen molar-refractivity contribution in [2.75, 3.05) is 31.5 Å². The molecule has 6 nitrogen and oxygen atoms in total. The second-order valence-corrected chi connectivity index (χ2v) is 10.5. The Balaban J connectivity index is 1.31. The molecule has 0 saturated carbocycles. The van der Waals surface area contributed by atoms with Crippen LogP contribution in [0.15, 0.2) is 66.0 Å². The number of quaternary nitrogens is 1. The SMILES string of the molecule is Cc1nc(C(=O)C[N+]23CCC(CC2)[C@@H](OC(=O)C(Nc2ccccc2)c2ccccc2)C3)cs1. The van der Waals surface area contributed by atoms with Gasteiger partial charge in [0.2, 0.25) is 5.78 Å². The predicted octanol–water partition coefficient (Wildman–Crippen LogP) is 4.64. The van der Waals surface area contributed by atoms with Crippen LogP contribution in [0.4, 0.5) is 5.69 Å². The van der Waals surface area contributed by atoms with Crippen molar-refractivity contribution < 1.29 is 18.8 Å². The molecular formula is C27H30N3O3S+. The average molecular weight is 477 g/mol. The highest BCUT2D eigenvalue weighted by Crippen LogP contribution is 2.36. The summed E-state index contributed by atoms with van der Waals surface area (Å²) in [5.74, 6) is 0.171. The van der Waals surface area contributed by atoms with E-state index in [9.17, 15) is 9.59 Å². The van der Waals surface area contributed by atoms with Crippen molar-refractivity contribution in [3.05, 3.63) is 82.3 Å². The molecule has 3 saturated heterocycles. The van der Waals surface area contributed by atoms with Crippen molar-refractivity contribution in [1.29, 1.82) is 0 Å². The number of esters is 1. The van der Waals surface area contributed by atoms with Crippen LogP contribution in [0.1, 0.15) is 39.9 Å². The number of rotatable bonds is 8. The third-order valence-corrected chi connectivity index (χ3v) is 7.92. The van der Waals surface area contributed by atoms with Gasteiger partial charge in [-0.3, -0.25) is 4.79 Å². The number of carbonyl (C=O) groups excluding carboxylic acids is 2. The van der Waals surface area contributed by atoms with E-state index in [1.165, 1.54) is 11.3 Å². The Morgan fingerprint density at radius 3 is 2.41 bits per heavy atom. The molecule has 3 fully saturated rings. The van der Waals surface area contributed by atoms with Gasteiger partial charge in [0, 0.05) is 29.8 Å². The molecule has 7 heteroatoms. The summed E-state index contributed by atoms with van der Waals surface area (Å²) in [6.07, 6.45) is 1.77. The highest BCUT2D eigenvalue weighted by molar-refractivity contribution is 7.09. The van der Waals surface area contributed by atoms with Gasteiger partial charge in [0.15, 0.2) is 12.1 Å². The van der Waals surface area contributed by atoms with E-state index in [0.717, 1.165) is 42.2 Å². The van der Waals surface area contributed by atoms with Crippen LogP contribution in [0.3, 0.4) is 0 Å². The molecule has 2 aromatic carbocycles. The van der Waals surface area contributed by atoms with Crippen LogP contribution in [-0.2, 0) is 9.53 Å². The Bertz CT molecular complexity index is 1140. The average Bonchev–Trinajstić information content (AvgIpc) is 3.31. The number of aromatic nitrogens is 1. The topological polar surface area (TPSA) is 68.3 Å². The number of benzene rings is 2. The fraction of sp³-hybridized carbons (Fsp3) is 0.370. The quantitative estimate of drug-likeness (QED) is 0.291. The molecule has 176 valence electrons. The molecule has 3 aliphatic heterocycles. The first-order valence-corrected chi connectivity index (χ1v) is 12.8. The number of hydrogen-bond acceptors (Lipinski definition) is 6. The summed E-state index contributed by atoms with van der Waals surface area (Å²) in [5.41, 5.74) is 2.30. The van der Waals surface area contributed by atoms with E-state index in [4.69, 9.17) is 4.74 Å². The molecular weight excluding hydrogens is 446 g/mol. The fourth-order valence-electron chi connectivity index (χ4n) is 5.30. The summed E-state index contributed by atoms with van der Waals surface area (Å²) in [6.45, 7) is 4.95. The monoisotopic (exact) mass is 476 g/mol. The summed E-state index contributed by atoms with van der Waals surface area (Å²) in [7, 11) is 0. The van der Waals surface area contributed by atoms with Gasteiger partial charge in [-0.25, -0.2) is 9.78 Å². The van der Waals surface area contributed by atoms with Crippen LogP contribution in [0, 0.1) is 12.8 Å². The van der Waals surface area contributed by atoms with Crippen molar-refractivity contribution >= 4 is 28.8 Å². The van der Waals surface area contributed by atoms with Gasteiger partial charge in [0.1, 0.15) is 18.8 Å². The first-order valence-electron chi connectivity index (χ1n) is 11.9. The molecule has 4 heterocycles. The number of ether oxygens (including phenoxy) is 1. The molecule has 3 aromatic rings. The van der Waals surface area contributed by atoms with Gasteiger partial charge in [-0.1, -0.05) is 48.5 Å². The van der Waals surface area contributed by atoms with Gasteiger partial charge in [-0.15, -0.1) is 11.3 Å². The Hall–Kier alpha value is -3.03. The van der Waals surface area contributed by atoms with Crippen LogP contribution in [-0.4, -0.2) is 53.5 Å². The van der Waals surface area contributed by atoms with E-state index in [2.05, 4.69) is 10.3 Å². The number of ketones is 1. The molecule has 1 aromatic heterocycles. The predicted molar refractivity (Wildman–Crippen MR) is 133 cm³/mol. The molecule has 0 radical (unpaired) electrons. The third-order valence-electron chi connectivity index (χ3n) is 7.15. The van der Waals surface area contributed by atoms with Crippen LogP contribution in [0.5, 0.6) is 0 Å². The van der Waals surface area contributed by atoms with E-state index in [-0.39, 0.29) is 17.9 Å². The molecule has 34 heavy (non-hydrogen) atoms. The number of fused-ring (bicyclic) bond motifs is 3. The summed E-state index contributed by atoms with van der Waals surface area (Å²) in [4.78, 5) is 30.8. The van der Waals surface area contributed by atoms with Crippen molar-refractivity contribution in [2.24, 2.45) is 5.92 Å². The lowest BCUT2D eigenvalue weighted by Crippen LogP contribution is -2.65. The van der Waals surface area contributed by atoms with Crippen LogP contribution >= 0.6 is 11.3 Å². The molecule has 1 unspecified atom stereocenters. The molecule has 0 amide bonds. The van der Waals surface area contributed by atoms with Crippen LogP contribution in [0.25, 0.3) is 0 Å². The highest BCUT2D eigenvalue weighted by Gasteiger charge is 2.49. The lowest BCUT2D eigenvalue weighted by molar-refractivity contribution is -0.938. The van der Waals surface area contributed by atoms with E-state index in [1.807, 2.05) is 73.0 Å². The number of thiazole rings is 1. The standard InChI is InChI=1S/C27H30N3O3S/c1-19-28-23(18-34-19)24(31)16-30-14-12-20(13-15-30)25(17-30)33-27(32)26(21-8-4-2-5-9-21)29-22-10-6-3-7-11-22/h2-11,18,20,25-26,29H,12-17H2,1H3/q+1/t20?,25-,26?,30?/m0/s1. The number of anilines is 1. The molecule has 2 bridgehead atoms. The van der Waals surface area contributed by atoms with E-state index in [0.29, 0.717) is 29.2 Å². The van der Waals surface area contributed by atoms with Crippen LogP contribution in [0.2, 0.25) is 0 Å². The summed E-state index contributed by atoms with van der Waals surface area (Å²) in [6, 6.07) is 18.8. The second kappa shape index (κ2) is 9.68. The lowest BCUT2D eigenvalue weighted by Gasteiger charge is -2.51. The third kappa shape index (κ3) is 4.91. The largest absolute Gasteiger partial charge is 0.454 e. The van der Waals surface area contributed by atoms with Crippen molar-refractivity contribution in [3.63, 3.8) is 0 Å². The number of carbonyl (C=O) groups is 2. The zero-order valence-electron chi connectivity index (χ0n) is 19.4. The van der Waals surface area contributed by atoms with E-state index < -0.39 is 6.04 Å². The van der Waals surface area contributed by atoms with Gasteiger partial charge in [-0.2, -0.15) is 0 Å². The van der Waals surface area contributed by atoms with Gasteiger partial charge in [-0.05, 0) is 24.6 Å². The summed E-state index contributed by atoms with van der Waals surface area (Å²) < 4.78 is 6.88. The smallest absolute Gasteiger partial charge is 0.333 e. The van der Waals surface area contributed by atoms with E-state index >= 15 is 0 Å². The van der Waals surface area contributed by atoms with Crippen molar-refractivity contribution in [2.45, 2.75) is 31.9 Å². The highest BCUT2D eigenvalue weighted by atomic mass is 32.1. The number of aryl methyl sites for hydroxylation is 1. The number of piperidine rings is 3. The normalized spacial score (nSPS) is 24.4. The second-order valence-electron chi connectivity index (χ2n) is 9.47. The molecule has 2 atom stereocenters. The van der Waals surface area contributed by atoms with Crippen molar-refractivity contribution in [1.82, 2.24) is 4.98 Å². The number of nitrogens with zero attached hydrogens (tertiary/aromatic N) is 2. The van der Waals surface area contributed by atoms with Gasteiger partial charge in [0.05, 0.1) is 18.1 Å². The van der Waals surface area contributed by atoms with E-state index in [1.54, 1.807) is 0 Å². The maximum atomic E-state index is 13.5. The molecule has 1 N–H and O–H groups in total. The minimum atomic E-state index is -0.591. The van der Waals surface area contributed by atoms with Crippen LogP contribution < -0.4 is 5.32 Å². The van der Waals surface area contributed by atoms with Gasteiger partial charge >= 0.3 is 5.97 Å². The summed E-state index contributed by atoms with van der Waals surface area (Å²) in [5, 5.41) is 6.11. The maximum absolute atomic E-state index is 13.5. The molecule has 6 rings (SSSR count). The minimum Gasteiger partial charge on any atom is -0.454 e. The Kier molecular flexibility index (Phi) is 6.48. The molecule has 3 aliphatic rings. The van der Waals surface area contributed by atoms with Crippen molar-refractivity contribution in [3.8, 4) is 0 Å². The number of hydrogen-bond donors (Lipinski definition) is 1. The molecule has 0 aliphatic carbocycles. The lowest BCUT2D eigenvalue weighted by atomic mass is 9.83. The number of nitrogens with one attached hydrogen (secondary N) is 1. The zero-order valence-corrected chi connectivity index (χ0v) is 20.2. The van der Waals surface area contributed by atoms with Gasteiger partial charge < -0.3 is 14.5 Å². The Labute approximate surface area is 204 Å². The number of Topliss-reactive ketones (excluding diaryl/α,β-unsaturated/α-hetero) is 1. The molecule has 0 spiro atoms. The first kappa shape index (κ1) is 22.7. The minimum absolute atomic E-state index is 0.0858. The fourth-order valence-corrected chi connectivity index (χ4v) is 5.91. The Morgan fingerprint density at radius 2 is 1.76 bits per heavy atom. The summed E-state index contributed by atoms with van der Waals surface area (Å²) >= 11 is 1.51. The first-order chi connectivity index (χ1) is 16.5. The van der Waals surface area contributed by atoms with Gasteiger partial charge in [0.25, 0.3) is 0 Å². The Morgan fingerprint density at radius 1 is 1.09 bits per heavy atom. The zero-order chi connectivity index (χ0) is 23.5. The number of para-hydroxylation sites is 1.